The molecule has 1 aliphatic heterocycles. The van der Waals surface area contributed by atoms with Crippen LogP contribution in [0, 0.1) is 12.8 Å². The van der Waals surface area contributed by atoms with Crippen molar-refractivity contribution in [2.45, 2.75) is 40.0 Å². The fourth-order valence-electron chi connectivity index (χ4n) is 2.83. The minimum atomic E-state index is 0.236. The number of carbonyl (C=O) groups is 1. The standard InChI is InChI=1S/C18H27NO2/c1-4-21-18-6-5-16(13-15(18)3)17(20)9-12-19-10-7-14(2)8-11-19/h5-6,13-14H,4,7-12H2,1-3H3. The Kier molecular flexibility index (Phi) is 5.80. The Morgan fingerprint density at radius 2 is 2.05 bits per heavy atom. The molecule has 0 amide bonds. The van der Waals surface area contributed by atoms with Crippen LogP contribution in [0.1, 0.15) is 49.0 Å². The number of likely N-dealkylation sites (tertiary alicyclic amines) is 1. The van der Waals surface area contributed by atoms with E-state index in [1.54, 1.807) is 0 Å². The van der Waals surface area contributed by atoms with E-state index in [0.29, 0.717) is 13.0 Å². The Bertz CT molecular complexity index is 476. The topological polar surface area (TPSA) is 29.5 Å². The van der Waals surface area contributed by atoms with E-state index in [4.69, 9.17) is 4.74 Å². The lowest BCUT2D eigenvalue weighted by molar-refractivity contribution is 0.0952. The second-order valence-corrected chi connectivity index (χ2v) is 6.11. The van der Waals surface area contributed by atoms with Crippen molar-refractivity contribution < 1.29 is 9.53 Å². The first-order chi connectivity index (χ1) is 10.1. The summed E-state index contributed by atoms with van der Waals surface area (Å²) >= 11 is 0. The zero-order valence-electron chi connectivity index (χ0n) is 13.5. The zero-order chi connectivity index (χ0) is 15.2. The third-order valence-corrected chi connectivity index (χ3v) is 4.33. The predicted molar refractivity (Wildman–Crippen MR) is 86.1 cm³/mol. The molecule has 21 heavy (non-hydrogen) atoms. The molecule has 0 bridgehead atoms. The molecule has 3 heteroatoms. The Morgan fingerprint density at radius 3 is 2.67 bits per heavy atom. The van der Waals surface area contributed by atoms with Gasteiger partial charge in [-0.3, -0.25) is 4.79 Å². The molecule has 116 valence electrons. The first-order valence-corrected chi connectivity index (χ1v) is 8.09. The lowest BCUT2D eigenvalue weighted by Crippen LogP contribution is -2.34. The molecule has 1 fully saturated rings. The van der Waals surface area contributed by atoms with E-state index in [-0.39, 0.29) is 5.78 Å². The van der Waals surface area contributed by atoms with Crippen molar-refractivity contribution in [3.8, 4) is 5.75 Å². The number of rotatable bonds is 6. The monoisotopic (exact) mass is 289 g/mol. The van der Waals surface area contributed by atoms with Crippen LogP contribution in [0.5, 0.6) is 5.75 Å². The molecule has 0 unspecified atom stereocenters. The third kappa shape index (κ3) is 4.57. The molecule has 3 nitrogen and oxygen atoms in total. The maximum Gasteiger partial charge on any atom is 0.164 e. The van der Waals surface area contributed by atoms with Crippen molar-refractivity contribution in [2.24, 2.45) is 5.92 Å². The summed E-state index contributed by atoms with van der Waals surface area (Å²) < 4.78 is 5.52. The fourth-order valence-corrected chi connectivity index (χ4v) is 2.83. The summed E-state index contributed by atoms with van der Waals surface area (Å²) in [5.41, 5.74) is 1.84. The van der Waals surface area contributed by atoms with E-state index in [1.165, 1.54) is 12.8 Å². The first-order valence-electron chi connectivity index (χ1n) is 8.09. The SMILES string of the molecule is CCOc1ccc(C(=O)CCN2CCC(C)CC2)cc1C. The Morgan fingerprint density at radius 1 is 1.33 bits per heavy atom. The van der Waals surface area contributed by atoms with Gasteiger partial charge in [-0.1, -0.05) is 6.92 Å². The average molecular weight is 289 g/mol. The molecule has 0 aromatic heterocycles. The number of ether oxygens (including phenoxy) is 1. The van der Waals surface area contributed by atoms with Gasteiger partial charge < -0.3 is 9.64 Å². The number of carbonyl (C=O) groups excluding carboxylic acids is 1. The molecule has 0 spiro atoms. The highest BCUT2D eigenvalue weighted by Gasteiger charge is 2.17. The quantitative estimate of drug-likeness (QED) is 0.748. The van der Waals surface area contributed by atoms with Gasteiger partial charge in [0.05, 0.1) is 6.61 Å². The second kappa shape index (κ2) is 7.60. The highest BCUT2D eigenvalue weighted by molar-refractivity contribution is 5.96. The summed E-state index contributed by atoms with van der Waals surface area (Å²) in [5.74, 6) is 1.95. The van der Waals surface area contributed by atoms with Gasteiger partial charge in [-0.05, 0) is 69.5 Å². The number of ketones is 1. The van der Waals surface area contributed by atoms with E-state index in [1.807, 2.05) is 32.0 Å². The van der Waals surface area contributed by atoms with Crippen molar-refractivity contribution in [1.82, 2.24) is 4.90 Å². The molecule has 0 N–H and O–H groups in total. The van der Waals surface area contributed by atoms with Crippen LogP contribution < -0.4 is 4.74 Å². The molecule has 0 saturated carbocycles. The maximum atomic E-state index is 12.3. The number of hydrogen-bond donors (Lipinski definition) is 0. The van der Waals surface area contributed by atoms with Crippen LogP contribution in [0.4, 0.5) is 0 Å². The van der Waals surface area contributed by atoms with Gasteiger partial charge in [0, 0.05) is 18.5 Å². The molecular weight excluding hydrogens is 262 g/mol. The maximum absolute atomic E-state index is 12.3. The van der Waals surface area contributed by atoms with Crippen molar-refractivity contribution in [2.75, 3.05) is 26.2 Å². The number of nitrogens with zero attached hydrogens (tertiary/aromatic N) is 1. The van der Waals surface area contributed by atoms with Gasteiger partial charge >= 0.3 is 0 Å². The summed E-state index contributed by atoms with van der Waals surface area (Å²) in [6, 6.07) is 5.75. The van der Waals surface area contributed by atoms with Gasteiger partial charge in [0.2, 0.25) is 0 Å². The van der Waals surface area contributed by atoms with E-state index in [2.05, 4.69) is 11.8 Å². The molecule has 1 heterocycles. The van der Waals surface area contributed by atoms with E-state index in [0.717, 1.165) is 42.4 Å². The van der Waals surface area contributed by atoms with Gasteiger partial charge in [0.15, 0.2) is 5.78 Å². The number of hydrogen-bond acceptors (Lipinski definition) is 3. The molecule has 0 radical (unpaired) electrons. The van der Waals surface area contributed by atoms with Crippen LogP contribution in [0.2, 0.25) is 0 Å². The molecule has 1 saturated heterocycles. The van der Waals surface area contributed by atoms with Crippen molar-refractivity contribution in [3.05, 3.63) is 29.3 Å². The van der Waals surface area contributed by atoms with Crippen molar-refractivity contribution in [3.63, 3.8) is 0 Å². The predicted octanol–water partition coefficient (Wildman–Crippen LogP) is 3.70. The molecule has 0 atom stereocenters. The summed E-state index contributed by atoms with van der Waals surface area (Å²) in [7, 11) is 0. The molecule has 2 rings (SSSR count). The van der Waals surface area contributed by atoms with Gasteiger partial charge in [0.1, 0.15) is 5.75 Å². The fraction of sp³-hybridized carbons (Fsp3) is 0.611. The lowest BCUT2D eigenvalue weighted by Gasteiger charge is -2.29. The van der Waals surface area contributed by atoms with Crippen molar-refractivity contribution >= 4 is 5.78 Å². The molecule has 1 aliphatic rings. The van der Waals surface area contributed by atoms with Crippen LogP contribution in [-0.4, -0.2) is 36.9 Å². The van der Waals surface area contributed by atoms with Gasteiger partial charge in [-0.15, -0.1) is 0 Å². The number of benzene rings is 1. The summed E-state index contributed by atoms with van der Waals surface area (Å²) in [6.07, 6.45) is 3.13. The van der Waals surface area contributed by atoms with Crippen LogP contribution in [0.3, 0.4) is 0 Å². The molecule has 0 aliphatic carbocycles. The Labute approximate surface area is 128 Å². The zero-order valence-corrected chi connectivity index (χ0v) is 13.5. The van der Waals surface area contributed by atoms with Gasteiger partial charge in [-0.2, -0.15) is 0 Å². The van der Waals surface area contributed by atoms with E-state index >= 15 is 0 Å². The van der Waals surface area contributed by atoms with E-state index in [9.17, 15) is 4.79 Å². The Hall–Kier alpha value is -1.35. The average Bonchev–Trinajstić information content (AvgIpc) is 2.48. The van der Waals surface area contributed by atoms with Gasteiger partial charge in [0.25, 0.3) is 0 Å². The largest absolute Gasteiger partial charge is 0.494 e. The summed E-state index contributed by atoms with van der Waals surface area (Å²) in [4.78, 5) is 14.7. The molecule has 1 aromatic rings. The number of aryl methyl sites for hydroxylation is 1. The minimum Gasteiger partial charge on any atom is -0.494 e. The van der Waals surface area contributed by atoms with E-state index < -0.39 is 0 Å². The second-order valence-electron chi connectivity index (χ2n) is 6.11. The highest BCUT2D eigenvalue weighted by atomic mass is 16.5. The third-order valence-electron chi connectivity index (χ3n) is 4.33. The van der Waals surface area contributed by atoms with Crippen LogP contribution >= 0.6 is 0 Å². The highest BCUT2D eigenvalue weighted by Crippen LogP contribution is 2.20. The molecule has 1 aromatic carbocycles. The number of piperidine rings is 1. The smallest absolute Gasteiger partial charge is 0.164 e. The lowest BCUT2D eigenvalue weighted by atomic mass is 9.98. The normalized spacial score (nSPS) is 16.9. The van der Waals surface area contributed by atoms with Gasteiger partial charge in [-0.25, -0.2) is 0 Å². The summed E-state index contributed by atoms with van der Waals surface area (Å²) in [5, 5.41) is 0. The number of Topliss-reactive ketones (excluding diaryl/α,β-unsaturated/α-hetero) is 1. The van der Waals surface area contributed by atoms with Crippen LogP contribution in [0.25, 0.3) is 0 Å². The van der Waals surface area contributed by atoms with Crippen LogP contribution in [-0.2, 0) is 0 Å². The Balaban J connectivity index is 1.87. The van der Waals surface area contributed by atoms with Crippen molar-refractivity contribution in [1.29, 1.82) is 0 Å². The first kappa shape index (κ1) is 16.0. The molecular formula is C18H27NO2. The summed E-state index contributed by atoms with van der Waals surface area (Å²) in [6.45, 7) is 10.1. The van der Waals surface area contributed by atoms with Crippen LogP contribution in [0.15, 0.2) is 18.2 Å². The minimum absolute atomic E-state index is 0.236.